The molecule has 1 rings (SSSR count). The summed E-state index contributed by atoms with van der Waals surface area (Å²) in [7, 11) is 1.69. The molecule has 14 heavy (non-hydrogen) atoms. The average Bonchev–Trinajstić information content (AvgIpc) is 2.26. The highest BCUT2D eigenvalue weighted by Gasteiger charge is 1.98. The monoisotopic (exact) mass is 193 g/mol. The highest BCUT2D eigenvalue weighted by atomic mass is 16.5. The summed E-state index contributed by atoms with van der Waals surface area (Å²) in [6, 6.07) is 8.75. The highest BCUT2D eigenvalue weighted by Crippen LogP contribution is 2.11. The van der Waals surface area contributed by atoms with Gasteiger partial charge < -0.3 is 10.1 Å². The normalized spacial score (nSPS) is 12.5. The summed E-state index contributed by atoms with van der Waals surface area (Å²) in [4.78, 5) is 0. The fraction of sp³-hybridized carbons (Fsp3) is 0.500. The van der Waals surface area contributed by atoms with E-state index in [2.05, 4.69) is 31.3 Å². The zero-order chi connectivity index (χ0) is 10.4. The van der Waals surface area contributed by atoms with Crippen LogP contribution in [0, 0.1) is 0 Å². The van der Waals surface area contributed by atoms with Crippen LogP contribution in [-0.4, -0.2) is 13.2 Å². The van der Waals surface area contributed by atoms with Gasteiger partial charge in [-0.15, -0.1) is 0 Å². The summed E-state index contributed by atoms with van der Waals surface area (Å²) in [6.07, 6.45) is 1.16. The third-order valence-corrected chi connectivity index (χ3v) is 2.43. The Hall–Kier alpha value is -1.02. The molecule has 1 aromatic carbocycles. The molecule has 0 radical (unpaired) electrons. The lowest BCUT2D eigenvalue weighted by Crippen LogP contribution is -2.24. The van der Waals surface area contributed by atoms with Crippen molar-refractivity contribution in [3.8, 4) is 5.75 Å². The predicted octanol–water partition coefficient (Wildman–Crippen LogP) is 2.58. The van der Waals surface area contributed by atoms with E-state index in [0.29, 0.717) is 6.04 Å². The van der Waals surface area contributed by atoms with Crippen LogP contribution in [0.5, 0.6) is 5.75 Å². The molecule has 0 heterocycles. The van der Waals surface area contributed by atoms with Crippen molar-refractivity contribution in [1.29, 1.82) is 0 Å². The van der Waals surface area contributed by atoms with Gasteiger partial charge in [-0.1, -0.05) is 19.1 Å². The van der Waals surface area contributed by atoms with Crippen molar-refractivity contribution < 1.29 is 4.74 Å². The maximum atomic E-state index is 5.10. The number of methoxy groups -OCH3 is 1. The molecule has 78 valence electrons. The van der Waals surface area contributed by atoms with Crippen LogP contribution in [0.1, 0.15) is 25.8 Å². The summed E-state index contributed by atoms with van der Waals surface area (Å²) in [6.45, 7) is 5.31. The lowest BCUT2D eigenvalue weighted by Gasteiger charge is -2.11. The molecule has 1 atom stereocenters. The molecule has 0 saturated heterocycles. The zero-order valence-corrected chi connectivity index (χ0v) is 9.21. The van der Waals surface area contributed by atoms with Gasteiger partial charge in [0.15, 0.2) is 0 Å². The van der Waals surface area contributed by atoms with E-state index in [-0.39, 0.29) is 0 Å². The van der Waals surface area contributed by atoms with Crippen molar-refractivity contribution in [2.45, 2.75) is 32.9 Å². The third kappa shape index (κ3) is 3.38. The smallest absolute Gasteiger partial charge is 0.118 e. The molecule has 0 fully saturated rings. The van der Waals surface area contributed by atoms with E-state index in [9.17, 15) is 0 Å². The molecule has 0 amide bonds. The summed E-state index contributed by atoms with van der Waals surface area (Å²) in [5.41, 5.74) is 1.30. The molecule has 0 aliphatic heterocycles. The van der Waals surface area contributed by atoms with Crippen LogP contribution < -0.4 is 10.1 Å². The molecule has 0 aliphatic rings. The Balaban J connectivity index is 2.43. The van der Waals surface area contributed by atoms with Crippen molar-refractivity contribution in [3.63, 3.8) is 0 Å². The van der Waals surface area contributed by atoms with E-state index in [1.165, 1.54) is 5.56 Å². The lowest BCUT2D eigenvalue weighted by atomic mass is 10.2. The standard InChI is InChI=1S/C12H19NO/c1-4-10(2)13-9-11-5-7-12(14-3)8-6-11/h5-8,10,13H,4,9H2,1-3H3/t10-/m1/s1. The fourth-order valence-electron chi connectivity index (χ4n) is 1.18. The van der Waals surface area contributed by atoms with Crippen molar-refractivity contribution in [2.24, 2.45) is 0 Å². The summed E-state index contributed by atoms with van der Waals surface area (Å²) in [5, 5.41) is 3.45. The Labute approximate surface area is 86.3 Å². The number of ether oxygens (including phenoxy) is 1. The molecule has 0 aliphatic carbocycles. The van der Waals surface area contributed by atoms with E-state index < -0.39 is 0 Å². The van der Waals surface area contributed by atoms with Crippen molar-refractivity contribution in [1.82, 2.24) is 5.32 Å². The Bertz CT molecular complexity index is 256. The van der Waals surface area contributed by atoms with Crippen LogP contribution in [0.4, 0.5) is 0 Å². The first-order valence-corrected chi connectivity index (χ1v) is 5.12. The Morgan fingerprint density at radius 3 is 2.43 bits per heavy atom. The number of hydrogen-bond donors (Lipinski definition) is 1. The molecule has 0 aromatic heterocycles. The molecule has 0 bridgehead atoms. The number of nitrogens with one attached hydrogen (secondary N) is 1. The molecular formula is C12H19NO. The summed E-state index contributed by atoms with van der Waals surface area (Å²) in [5.74, 6) is 0.914. The van der Waals surface area contributed by atoms with Crippen LogP contribution in [0.2, 0.25) is 0 Å². The topological polar surface area (TPSA) is 21.3 Å². The first kappa shape index (κ1) is 11.1. The van der Waals surface area contributed by atoms with Gasteiger partial charge in [-0.2, -0.15) is 0 Å². The Morgan fingerprint density at radius 2 is 1.93 bits per heavy atom. The largest absolute Gasteiger partial charge is 0.497 e. The van der Waals surface area contributed by atoms with E-state index in [4.69, 9.17) is 4.74 Å². The predicted molar refractivity (Wildman–Crippen MR) is 59.6 cm³/mol. The molecule has 0 saturated carbocycles. The molecule has 2 nitrogen and oxygen atoms in total. The van der Waals surface area contributed by atoms with Crippen LogP contribution in [0.15, 0.2) is 24.3 Å². The average molecular weight is 193 g/mol. The molecule has 2 heteroatoms. The van der Waals surface area contributed by atoms with Gasteiger partial charge in [0, 0.05) is 12.6 Å². The Morgan fingerprint density at radius 1 is 1.29 bits per heavy atom. The molecule has 1 aromatic rings. The molecular weight excluding hydrogens is 174 g/mol. The van der Waals surface area contributed by atoms with Gasteiger partial charge in [-0.05, 0) is 31.0 Å². The van der Waals surface area contributed by atoms with Crippen LogP contribution in [-0.2, 0) is 6.54 Å². The van der Waals surface area contributed by atoms with Gasteiger partial charge in [-0.25, -0.2) is 0 Å². The highest BCUT2D eigenvalue weighted by molar-refractivity contribution is 5.26. The van der Waals surface area contributed by atoms with E-state index in [1.54, 1.807) is 7.11 Å². The van der Waals surface area contributed by atoms with Gasteiger partial charge in [0.1, 0.15) is 5.75 Å². The minimum atomic E-state index is 0.581. The fourth-order valence-corrected chi connectivity index (χ4v) is 1.18. The third-order valence-electron chi connectivity index (χ3n) is 2.43. The number of hydrogen-bond acceptors (Lipinski definition) is 2. The quantitative estimate of drug-likeness (QED) is 0.776. The van der Waals surface area contributed by atoms with Gasteiger partial charge in [0.05, 0.1) is 7.11 Å². The van der Waals surface area contributed by atoms with Crippen LogP contribution >= 0.6 is 0 Å². The summed E-state index contributed by atoms with van der Waals surface area (Å²) < 4.78 is 5.10. The van der Waals surface area contributed by atoms with Crippen molar-refractivity contribution >= 4 is 0 Å². The van der Waals surface area contributed by atoms with Crippen LogP contribution in [0.3, 0.4) is 0 Å². The Kier molecular flexibility index (Phi) is 4.47. The minimum Gasteiger partial charge on any atom is -0.497 e. The van der Waals surface area contributed by atoms with E-state index in [1.807, 2.05) is 12.1 Å². The first-order valence-electron chi connectivity index (χ1n) is 5.12. The van der Waals surface area contributed by atoms with Gasteiger partial charge in [0.25, 0.3) is 0 Å². The van der Waals surface area contributed by atoms with Gasteiger partial charge >= 0.3 is 0 Å². The second-order valence-corrected chi connectivity index (χ2v) is 3.54. The first-order chi connectivity index (χ1) is 6.76. The molecule has 0 spiro atoms. The van der Waals surface area contributed by atoms with Crippen LogP contribution in [0.25, 0.3) is 0 Å². The summed E-state index contributed by atoms with van der Waals surface area (Å²) >= 11 is 0. The maximum absolute atomic E-state index is 5.10. The van der Waals surface area contributed by atoms with E-state index in [0.717, 1.165) is 18.7 Å². The zero-order valence-electron chi connectivity index (χ0n) is 9.21. The lowest BCUT2D eigenvalue weighted by molar-refractivity contribution is 0.414. The maximum Gasteiger partial charge on any atom is 0.118 e. The second-order valence-electron chi connectivity index (χ2n) is 3.54. The molecule has 1 N–H and O–H groups in total. The van der Waals surface area contributed by atoms with E-state index >= 15 is 0 Å². The minimum absolute atomic E-state index is 0.581. The number of rotatable bonds is 5. The number of benzene rings is 1. The second kappa shape index (κ2) is 5.66. The SMILES string of the molecule is CC[C@@H](C)NCc1ccc(OC)cc1. The van der Waals surface area contributed by atoms with Gasteiger partial charge in [-0.3, -0.25) is 0 Å². The van der Waals surface area contributed by atoms with Crippen molar-refractivity contribution in [2.75, 3.05) is 7.11 Å². The van der Waals surface area contributed by atoms with Gasteiger partial charge in [0.2, 0.25) is 0 Å². The van der Waals surface area contributed by atoms with Crippen molar-refractivity contribution in [3.05, 3.63) is 29.8 Å². The molecule has 0 unspecified atom stereocenters.